The summed E-state index contributed by atoms with van der Waals surface area (Å²) >= 11 is 0. The first-order chi connectivity index (χ1) is 4.13. The Morgan fingerprint density at radius 2 is 1.44 bits per heavy atom. The predicted octanol–water partition coefficient (Wildman–Crippen LogP) is 0.181. The molecule has 0 saturated heterocycles. The molecule has 0 spiro atoms. The van der Waals surface area contributed by atoms with Crippen LogP contribution in [0.4, 0.5) is 0 Å². The third kappa shape index (κ3) is 7.30. The summed E-state index contributed by atoms with van der Waals surface area (Å²) in [5.41, 5.74) is 0. The van der Waals surface area contributed by atoms with Gasteiger partial charge in [-0.15, -0.1) is 0 Å². The van der Waals surface area contributed by atoms with E-state index in [2.05, 4.69) is 4.74 Å². The summed E-state index contributed by atoms with van der Waals surface area (Å²) in [6, 6.07) is 0. The molecule has 0 aromatic carbocycles. The number of ether oxygens (including phenoxy) is 1. The molecule has 0 rings (SSSR count). The Labute approximate surface area is 54.0 Å². The molecule has 9 heavy (non-hydrogen) atoms. The first-order valence-electron chi connectivity index (χ1n) is 2.69. The summed E-state index contributed by atoms with van der Waals surface area (Å²) in [6.45, 7) is 2.92. The summed E-state index contributed by atoms with van der Waals surface area (Å²) in [7, 11) is 0. The van der Waals surface area contributed by atoms with E-state index in [1.54, 1.807) is 0 Å². The topological polar surface area (TPSA) is 43.4 Å². The quantitative estimate of drug-likeness (QED) is 0.545. The molecule has 0 atom stereocenters. The molecule has 0 radical (unpaired) electrons. The Morgan fingerprint density at radius 3 is 1.67 bits per heavy atom. The summed E-state index contributed by atoms with van der Waals surface area (Å²) < 4.78 is 4.66. The standard InChI is InChI=1S/C6H10O3/c1-5(7)3-9-4-6(2)8/h3-4H2,1-2H3. The highest BCUT2D eigenvalue weighted by Gasteiger charge is 1.94. The molecule has 0 heterocycles. The lowest BCUT2D eigenvalue weighted by molar-refractivity contribution is -0.126. The number of rotatable bonds is 4. The van der Waals surface area contributed by atoms with E-state index in [9.17, 15) is 9.59 Å². The second kappa shape index (κ2) is 4.21. The van der Waals surface area contributed by atoms with Crippen molar-refractivity contribution in [2.45, 2.75) is 13.8 Å². The number of hydrogen-bond donors (Lipinski definition) is 0. The fourth-order valence-electron chi connectivity index (χ4n) is 0.338. The third-order valence-corrected chi connectivity index (χ3v) is 0.611. The normalized spacial score (nSPS) is 9.11. The largest absolute Gasteiger partial charge is 0.366 e. The van der Waals surface area contributed by atoms with Crippen LogP contribution in [0.1, 0.15) is 13.8 Å². The lowest BCUT2D eigenvalue weighted by atomic mass is 10.4. The van der Waals surface area contributed by atoms with Gasteiger partial charge in [0.2, 0.25) is 0 Å². The van der Waals surface area contributed by atoms with Crippen LogP contribution in [-0.4, -0.2) is 24.8 Å². The first-order valence-corrected chi connectivity index (χ1v) is 2.69. The molecule has 0 aliphatic rings. The van der Waals surface area contributed by atoms with Gasteiger partial charge < -0.3 is 4.74 Å². The maximum Gasteiger partial charge on any atom is 0.155 e. The van der Waals surface area contributed by atoms with Crippen molar-refractivity contribution >= 4 is 11.6 Å². The molecule has 0 fully saturated rings. The molecule has 0 saturated carbocycles. The minimum absolute atomic E-state index is 0.0412. The molecule has 0 unspecified atom stereocenters. The zero-order valence-corrected chi connectivity index (χ0v) is 5.64. The second-order valence-electron chi connectivity index (χ2n) is 1.90. The van der Waals surface area contributed by atoms with Gasteiger partial charge in [0.25, 0.3) is 0 Å². The Balaban J connectivity index is 3.10. The fourth-order valence-corrected chi connectivity index (χ4v) is 0.338. The van der Waals surface area contributed by atoms with Gasteiger partial charge in [-0.1, -0.05) is 0 Å². The summed E-state index contributed by atoms with van der Waals surface area (Å²) in [5.74, 6) is -0.118. The van der Waals surface area contributed by atoms with Crippen molar-refractivity contribution in [1.82, 2.24) is 0 Å². The van der Waals surface area contributed by atoms with Gasteiger partial charge in [-0.25, -0.2) is 0 Å². The molecular weight excluding hydrogens is 120 g/mol. The predicted molar refractivity (Wildman–Crippen MR) is 32.2 cm³/mol. The van der Waals surface area contributed by atoms with Crippen LogP contribution in [0.3, 0.4) is 0 Å². The fraction of sp³-hybridized carbons (Fsp3) is 0.667. The van der Waals surface area contributed by atoms with Crippen molar-refractivity contribution in [2.75, 3.05) is 13.2 Å². The van der Waals surface area contributed by atoms with Crippen LogP contribution in [0.15, 0.2) is 0 Å². The van der Waals surface area contributed by atoms with Crippen molar-refractivity contribution in [3.05, 3.63) is 0 Å². The van der Waals surface area contributed by atoms with E-state index in [0.717, 1.165) is 0 Å². The SMILES string of the molecule is CC(=O)COCC(C)=O. The van der Waals surface area contributed by atoms with Gasteiger partial charge in [0.15, 0.2) is 11.6 Å². The monoisotopic (exact) mass is 130 g/mol. The second-order valence-corrected chi connectivity index (χ2v) is 1.90. The molecule has 0 bridgehead atoms. The zero-order chi connectivity index (χ0) is 7.28. The highest BCUT2D eigenvalue weighted by molar-refractivity contribution is 5.79. The van der Waals surface area contributed by atoms with E-state index in [-0.39, 0.29) is 24.8 Å². The molecule has 3 heteroatoms. The molecule has 3 nitrogen and oxygen atoms in total. The molecule has 0 N–H and O–H groups in total. The maximum absolute atomic E-state index is 10.2. The van der Waals surface area contributed by atoms with Gasteiger partial charge in [0.05, 0.1) is 0 Å². The van der Waals surface area contributed by atoms with Crippen LogP contribution in [0, 0.1) is 0 Å². The lowest BCUT2D eigenvalue weighted by Gasteiger charge is -1.94. The maximum atomic E-state index is 10.2. The summed E-state index contributed by atoms with van der Waals surface area (Å²) in [4.78, 5) is 20.4. The molecule has 0 aromatic rings. The van der Waals surface area contributed by atoms with Crippen molar-refractivity contribution in [2.24, 2.45) is 0 Å². The molecule has 0 aliphatic carbocycles. The molecule has 52 valence electrons. The Hall–Kier alpha value is -0.700. The lowest BCUT2D eigenvalue weighted by Crippen LogP contribution is -2.09. The van der Waals surface area contributed by atoms with Crippen LogP contribution in [0.2, 0.25) is 0 Å². The van der Waals surface area contributed by atoms with E-state index in [1.807, 2.05) is 0 Å². The number of Topliss-reactive ketones (excluding diaryl/α,β-unsaturated/α-hetero) is 2. The van der Waals surface area contributed by atoms with Crippen molar-refractivity contribution in [3.63, 3.8) is 0 Å². The Bertz CT molecular complexity index is 103. The van der Waals surface area contributed by atoms with Crippen LogP contribution >= 0.6 is 0 Å². The molecule has 0 aliphatic heterocycles. The summed E-state index contributed by atoms with van der Waals surface area (Å²) in [5, 5.41) is 0. The number of carbonyl (C=O) groups is 2. The van der Waals surface area contributed by atoms with E-state index >= 15 is 0 Å². The first kappa shape index (κ1) is 8.30. The van der Waals surface area contributed by atoms with Crippen LogP contribution in [-0.2, 0) is 14.3 Å². The van der Waals surface area contributed by atoms with Gasteiger partial charge in [-0.3, -0.25) is 9.59 Å². The number of carbonyl (C=O) groups excluding carboxylic acids is 2. The minimum Gasteiger partial charge on any atom is -0.366 e. The van der Waals surface area contributed by atoms with Crippen LogP contribution < -0.4 is 0 Å². The van der Waals surface area contributed by atoms with E-state index in [4.69, 9.17) is 0 Å². The third-order valence-electron chi connectivity index (χ3n) is 0.611. The number of hydrogen-bond acceptors (Lipinski definition) is 3. The highest BCUT2D eigenvalue weighted by atomic mass is 16.5. The Morgan fingerprint density at radius 1 is 1.11 bits per heavy atom. The van der Waals surface area contributed by atoms with Gasteiger partial charge in [0, 0.05) is 0 Å². The van der Waals surface area contributed by atoms with Crippen molar-refractivity contribution in [3.8, 4) is 0 Å². The van der Waals surface area contributed by atoms with Gasteiger partial charge in [0.1, 0.15) is 13.2 Å². The van der Waals surface area contributed by atoms with E-state index in [1.165, 1.54) is 13.8 Å². The zero-order valence-electron chi connectivity index (χ0n) is 5.64. The minimum atomic E-state index is -0.0590. The Kier molecular flexibility index (Phi) is 3.88. The van der Waals surface area contributed by atoms with Crippen molar-refractivity contribution in [1.29, 1.82) is 0 Å². The average molecular weight is 130 g/mol. The van der Waals surface area contributed by atoms with Crippen molar-refractivity contribution < 1.29 is 14.3 Å². The van der Waals surface area contributed by atoms with Gasteiger partial charge in [-0.2, -0.15) is 0 Å². The average Bonchev–Trinajstić information content (AvgIpc) is 1.63. The summed E-state index contributed by atoms with van der Waals surface area (Å²) in [6.07, 6.45) is 0. The van der Waals surface area contributed by atoms with Crippen LogP contribution in [0.25, 0.3) is 0 Å². The smallest absolute Gasteiger partial charge is 0.155 e. The van der Waals surface area contributed by atoms with E-state index < -0.39 is 0 Å². The van der Waals surface area contributed by atoms with Gasteiger partial charge in [-0.05, 0) is 13.8 Å². The highest BCUT2D eigenvalue weighted by Crippen LogP contribution is 1.76. The number of ketones is 2. The molecule has 0 aromatic heterocycles. The van der Waals surface area contributed by atoms with E-state index in [0.29, 0.717) is 0 Å². The molecule has 0 amide bonds. The molecular formula is C6H10O3. The van der Waals surface area contributed by atoms with Gasteiger partial charge >= 0.3 is 0 Å². The van der Waals surface area contributed by atoms with Crippen LogP contribution in [0.5, 0.6) is 0 Å².